The average Bonchev–Trinajstić information content (AvgIpc) is 2.78. The summed E-state index contributed by atoms with van der Waals surface area (Å²) < 4.78 is 31.6. The van der Waals surface area contributed by atoms with E-state index in [1.807, 2.05) is 61.5 Å². The van der Waals surface area contributed by atoms with Gasteiger partial charge < -0.3 is 10.1 Å². The smallest absolute Gasteiger partial charge is 0.257 e. The van der Waals surface area contributed by atoms with E-state index >= 15 is 0 Å². The second-order valence-corrected chi connectivity index (χ2v) is 9.53. The Bertz CT molecular complexity index is 1110. The number of nitrogens with one attached hydrogen (secondary N) is 1. The SMILES string of the molecule is Cc1ccc(CN(c2ccc(OCC(=O)NCCc3ccccc3)cc2)S(C)(=O)=O)cc1. The van der Waals surface area contributed by atoms with Crippen LogP contribution in [0.1, 0.15) is 16.7 Å². The molecule has 0 aliphatic rings. The molecule has 0 fully saturated rings. The lowest BCUT2D eigenvalue weighted by Gasteiger charge is -2.23. The second kappa shape index (κ2) is 10.8. The standard InChI is InChI=1S/C25H28N2O4S/c1-20-8-10-22(11-9-20)18-27(32(2,29)30)23-12-14-24(15-13-23)31-19-25(28)26-17-16-21-6-4-3-5-7-21/h3-15H,16-19H2,1-2H3,(H,26,28). The van der Waals surface area contributed by atoms with Gasteiger partial charge in [0.2, 0.25) is 10.0 Å². The van der Waals surface area contributed by atoms with Gasteiger partial charge in [0, 0.05) is 6.54 Å². The van der Waals surface area contributed by atoms with Gasteiger partial charge in [0.15, 0.2) is 6.61 Å². The van der Waals surface area contributed by atoms with Crippen LogP contribution in [0.4, 0.5) is 5.69 Å². The van der Waals surface area contributed by atoms with Crippen molar-refractivity contribution in [2.45, 2.75) is 19.9 Å². The van der Waals surface area contributed by atoms with Gasteiger partial charge in [0.1, 0.15) is 5.75 Å². The molecule has 32 heavy (non-hydrogen) atoms. The molecule has 168 valence electrons. The van der Waals surface area contributed by atoms with Gasteiger partial charge in [-0.2, -0.15) is 0 Å². The number of rotatable bonds is 10. The third-order valence-corrected chi connectivity index (χ3v) is 6.06. The first-order valence-corrected chi connectivity index (χ1v) is 12.2. The lowest BCUT2D eigenvalue weighted by atomic mass is 10.1. The summed E-state index contributed by atoms with van der Waals surface area (Å²) in [6.45, 7) is 2.66. The molecule has 1 N–H and O–H groups in total. The van der Waals surface area contributed by atoms with Gasteiger partial charge in [-0.15, -0.1) is 0 Å². The molecule has 0 radical (unpaired) electrons. The van der Waals surface area contributed by atoms with Crippen LogP contribution in [0.25, 0.3) is 0 Å². The molecular formula is C25H28N2O4S. The number of anilines is 1. The summed E-state index contributed by atoms with van der Waals surface area (Å²) in [6, 6.07) is 24.4. The Hall–Kier alpha value is -3.32. The molecule has 0 bridgehead atoms. The Labute approximate surface area is 189 Å². The predicted molar refractivity (Wildman–Crippen MR) is 127 cm³/mol. The molecule has 3 aromatic carbocycles. The van der Waals surface area contributed by atoms with Crippen LogP contribution in [0.2, 0.25) is 0 Å². The molecule has 6 nitrogen and oxygen atoms in total. The monoisotopic (exact) mass is 452 g/mol. The average molecular weight is 453 g/mol. The third-order valence-electron chi connectivity index (χ3n) is 4.92. The number of amides is 1. The van der Waals surface area contributed by atoms with Gasteiger partial charge in [0.25, 0.3) is 5.91 Å². The predicted octanol–water partition coefficient (Wildman–Crippen LogP) is 3.70. The number of hydrogen-bond donors (Lipinski definition) is 1. The van der Waals surface area contributed by atoms with Crippen molar-refractivity contribution in [1.29, 1.82) is 0 Å². The fourth-order valence-corrected chi connectivity index (χ4v) is 4.05. The molecule has 3 rings (SSSR count). The van der Waals surface area contributed by atoms with E-state index in [0.29, 0.717) is 18.0 Å². The summed E-state index contributed by atoms with van der Waals surface area (Å²) in [5.74, 6) is 0.290. The van der Waals surface area contributed by atoms with Crippen molar-refractivity contribution >= 4 is 21.6 Å². The molecule has 0 heterocycles. The Morgan fingerprint density at radius 1 is 0.906 bits per heavy atom. The van der Waals surface area contributed by atoms with Crippen molar-refractivity contribution in [3.63, 3.8) is 0 Å². The zero-order valence-electron chi connectivity index (χ0n) is 18.3. The summed E-state index contributed by atoms with van der Waals surface area (Å²) in [5.41, 5.74) is 3.71. The molecule has 0 aromatic heterocycles. The summed E-state index contributed by atoms with van der Waals surface area (Å²) in [4.78, 5) is 12.0. The van der Waals surface area contributed by atoms with Crippen LogP contribution in [-0.2, 0) is 27.8 Å². The Balaban J connectivity index is 1.54. The molecule has 3 aromatic rings. The fourth-order valence-electron chi connectivity index (χ4n) is 3.16. The van der Waals surface area contributed by atoms with E-state index < -0.39 is 10.0 Å². The third kappa shape index (κ3) is 7.13. The lowest BCUT2D eigenvalue weighted by molar-refractivity contribution is -0.123. The number of sulfonamides is 1. The van der Waals surface area contributed by atoms with E-state index in [1.165, 1.54) is 10.6 Å². The Morgan fingerprint density at radius 3 is 2.19 bits per heavy atom. The first-order valence-electron chi connectivity index (χ1n) is 10.4. The Morgan fingerprint density at radius 2 is 1.56 bits per heavy atom. The van der Waals surface area contributed by atoms with Crippen molar-refractivity contribution in [1.82, 2.24) is 5.32 Å². The van der Waals surface area contributed by atoms with Gasteiger partial charge in [-0.25, -0.2) is 8.42 Å². The van der Waals surface area contributed by atoms with Crippen LogP contribution < -0.4 is 14.4 Å². The van der Waals surface area contributed by atoms with Gasteiger partial charge in [0.05, 0.1) is 18.5 Å². The molecule has 7 heteroatoms. The van der Waals surface area contributed by atoms with Crippen LogP contribution in [-0.4, -0.2) is 33.7 Å². The van der Waals surface area contributed by atoms with Crippen LogP contribution in [0.15, 0.2) is 78.9 Å². The molecule has 0 aliphatic heterocycles. The minimum atomic E-state index is -3.47. The number of ether oxygens (including phenoxy) is 1. The zero-order chi connectivity index (χ0) is 23.0. The second-order valence-electron chi connectivity index (χ2n) is 7.62. The van der Waals surface area contributed by atoms with E-state index in [-0.39, 0.29) is 19.1 Å². The highest BCUT2D eigenvalue weighted by atomic mass is 32.2. The topological polar surface area (TPSA) is 75.7 Å². The van der Waals surface area contributed by atoms with E-state index in [4.69, 9.17) is 4.74 Å². The quantitative estimate of drug-likeness (QED) is 0.509. The van der Waals surface area contributed by atoms with Gasteiger partial charge in [-0.3, -0.25) is 9.10 Å². The number of aryl methyl sites for hydroxylation is 1. The van der Waals surface area contributed by atoms with Crippen LogP contribution in [0.5, 0.6) is 5.75 Å². The first-order chi connectivity index (χ1) is 15.3. The summed E-state index contributed by atoms with van der Waals surface area (Å²) >= 11 is 0. The first kappa shape index (κ1) is 23.3. The van der Waals surface area contributed by atoms with Gasteiger partial charge >= 0.3 is 0 Å². The molecule has 0 saturated carbocycles. The number of nitrogens with zero attached hydrogens (tertiary/aromatic N) is 1. The maximum Gasteiger partial charge on any atom is 0.257 e. The number of carbonyl (C=O) groups is 1. The van der Waals surface area contributed by atoms with Gasteiger partial charge in [-0.05, 0) is 48.7 Å². The minimum Gasteiger partial charge on any atom is -0.484 e. The number of benzene rings is 3. The maximum atomic E-state index is 12.3. The highest BCUT2D eigenvalue weighted by molar-refractivity contribution is 7.92. The van der Waals surface area contributed by atoms with Crippen molar-refractivity contribution < 1.29 is 17.9 Å². The van der Waals surface area contributed by atoms with Crippen molar-refractivity contribution in [2.24, 2.45) is 0 Å². The van der Waals surface area contributed by atoms with Crippen LogP contribution in [0, 0.1) is 6.92 Å². The van der Waals surface area contributed by atoms with Gasteiger partial charge in [-0.1, -0.05) is 60.2 Å². The molecule has 0 aliphatic carbocycles. The lowest BCUT2D eigenvalue weighted by Crippen LogP contribution is -2.30. The molecule has 1 amide bonds. The van der Waals surface area contributed by atoms with Crippen molar-refractivity contribution in [3.05, 3.63) is 95.6 Å². The minimum absolute atomic E-state index is 0.104. The molecule has 0 spiro atoms. The normalized spacial score (nSPS) is 11.1. The largest absolute Gasteiger partial charge is 0.484 e. The van der Waals surface area contributed by atoms with E-state index in [1.54, 1.807) is 24.3 Å². The van der Waals surface area contributed by atoms with Crippen LogP contribution in [0.3, 0.4) is 0 Å². The highest BCUT2D eigenvalue weighted by Crippen LogP contribution is 2.24. The number of hydrogen-bond acceptors (Lipinski definition) is 4. The summed E-state index contributed by atoms with van der Waals surface area (Å²) in [7, 11) is -3.47. The fraction of sp³-hybridized carbons (Fsp3) is 0.240. The zero-order valence-corrected chi connectivity index (χ0v) is 19.1. The van der Waals surface area contributed by atoms with Crippen LogP contribution >= 0.6 is 0 Å². The van der Waals surface area contributed by atoms with Crippen molar-refractivity contribution in [3.8, 4) is 5.75 Å². The molecular weight excluding hydrogens is 424 g/mol. The van der Waals surface area contributed by atoms with E-state index in [0.717, 1.165) is 23.1 Å². The number of carbonyl (C=O) groups excluding carboxylic acids is 1. The molecule has 0 atom stereocenters. The van der Waals surface area contributed by atoms with E-state index in [9.17, 15) is 13.2 Å². The maximum absolute atomic E-state index is 12.3. The molecule has 0 unspecified atom stereocenters. The summed E-state index contributed by atoms with van der Waals surface area (Å²) in [5, 5.41) is 2.83. The summed E-state index contributed by atoms with van der Waals surface area (Å²) in [6.07, 6.45) is 1.94. The molecule has 0 saturated heterocycles. The highest BCUT2D eigenvalue weighted by Gasteiger charge is 2.18. The Kier molecular flexibility index (Phi) is 7.89. The van der Waals surface area contributed by atoms with E-state index in [2.05, 4.69) is 5.32 Å². The van der Waals surface area contributed by atoms with Crippen molar-refractivity contribution in [2.75, 3.05) is 23.7 Å².